The van der Waals surface area contributed by atoms with Crippen molar-refractivity contribution in [2.75, 3.05) is 26.2 Å². The number of likely N-dealkylation sites (tertiary alicyclic amines) is 2. The number of carbonyl (C=O) groups is 2. The fourth-order valence-electron chi connectivity index (χ4n) is 4.19. The first-order valence-electron chi connectivity index (χ1n) is 9.45. The Hall–Kier alpha value is -1.55. The highest BCUT2D eigenvalue weighted by atomic mass is 35.5. The molecule has 134 valence electrons. The van der Waals surface area contributed by atoms with E-state index >= 15 is 0 Å². The molecule has 0 N–H and O–H groups in total. The van der Waals surface area contributed by atoms with Gasteiger partial charge in [-0.15, -0.1) is 0 Å². The Bertz CT molecular complexity index is 665. The molecule has 1 aromatic rings. The highest BCUT2D eigenvalue weighted by molar-refractivity contribution is 6.30. The van der Waals surface area contributed by atoms with Crippen molar-refractivity contribution in [3.63, 3.8) is 0 Å². The van der Waals surface area contributed by atoms with Gasteiger partial charge in [0, 0.05) is 49.0 Å². The van der Waals surface area contributed by atoms with Gasteiger partial charge in [0.1, 0.15) is 0 Å². The third-order valence-electron chi connectivity index (χ3n) is 5.90. The molecule has 0 radical (unpaired) electrons. The van der Waals surface area contributed by atoms with E-state index in [9.17, 15) is 9.59 Å². The van der Waals surface area contributed by atoms with E-state index in [-0.39, 0.29) is 17.7 Å². The molecule has 1 atom stereocenters. The summed E-state index contributed by atoms with van der Waals surface area (Å²) in [7, 11) is 0. The average Bonchev–Trinajstić information content (AvgIpc) is 3.37. The topological polar surface area (TPSA) is 40.6 Å². The van der Waals surface area contributed by atoms with Gasteiger partial charge in [0.2, 0.25) is 11.8 Å². The van der Waals surface area contributed by atoms with Crippen molar-refractivity contribution in [1.82, 2.24) is 9.80 Å². The zero-order chi connectivity index (χ0) is 17.4. The van der Waals surface area contributed by atoms with Crippen LogP contribution in [0.4, 0.5) is 0 Å². The normalized spacial score (nSPS) is 24.6. The van der Waals surface area contributed by atoms with Crippen LogP contribution in [0.25, 0.3) is 0 Å². The Labute approximate surface area is 154 Å². The Balaban J connectivity index is 1.31. The SMILES string of the molecule is O=C(C1CC1)N1CCC(C(=O)N2CCC(c3cccc(Cl)c3)C2)CC1. The molecule has 0 aromatic heterocycles. The minimum absolute atomic E-state index is 0.0846. The molecule has 1 aromatic carbocycles. The van der Waals surface area contributed by atoms with Crippen LogP contribution in [0.1, 0.15) is 43.6 Å². The number of carbonyl (C=O) groups excluding carboxylic acids is 2. The van der Waals surface area contributed by atoms with Crippen LogP contribution in [0.2, 0.25) is 5.02 Å². The molecule has 4 rings (SSSR count). The maximum atomic E-state index is 12.9. The fraction of sp³-hybridized carbons (Fsp3) is 0.600. The standard InChI is InChI=1S/C20H25ClN2O2/c21-18-3-1-2-16(12-18)17-8-11-23(13-17)20(25)15-6-9-22(10-7-15)19(24)14-4-5-14/h1-3,12,14-15,17H,4-11,13H2. The summed E-state index contributed by atoms with van der Waals surface area (Å²) < 4.78 is 0. The maximum Gasteiger partial charge on any atom is 0.225 e. The van der Waals surface area contributed by atoms with E-state index in [2.05, 4.69) is 6.07 Å². The Kier molecular flexibility index (Phi) is 4.72. The predicted octanol–water partition coefficient (Wildman–Crippen LogP) is 3.30. The zero-order valence-electron chi connectivity index (χ0n) is 14.5. The van der Waals surface area contributed by atoms with Crippen molar-refractivity contribution in [2.45, 2.75) is 38.0 Å². The molecular formula is C20H25ClN2O2. The maximum absolute atomic E-state index is 12.9. The van der Waals surface area contributed by atoms with Gasteiger partial charge in [-0.3, -0.25) is 9.59 Å². The molecule has 1 aliphatic carbocycles. The molecule has 2 heterocycles. The molecule has 2 saturated heterocycles. The second-order valence-corrected chi connectivity index (χ2v) is 8.14. The molecule has 4 nitrogen and oxygen atoms in total. The smallest absolute Gasteiger partial charge is 0.225 e. The Morgan fingerprint density at radius 2 is 1.52 bits per heavy atom. The number of nitrogens with zero attached hydrogens (tertiary/aromatic N) is 2. The summed E-state index contributed by atoms with van der Waals surface area (Å²) in [5.74, 6) is 1.35. The number of benzene rings is 1. The number of halogens is 1. The van der Waals surface area contributed by atoms with Gasteiger partial charge in [0.25, 0.3) is 0 Å². The van der Waals surface area contributed by atoms with Gasteiger partial charge < -0.3 is 9.80 Å². The highest BCUT2D eigenvalue weighted by Gasteiger charge is 2.37. The molecule has 3 fully saturated rings. The summed E-state index contributed by atoms with van der Waals surface area (Å²) in [4.78, 5) is 29.0. The molecule has 25 heavy (non-hydrogen) atoms. The van der Waals surface area contributed by atoms with Crippen molar-refractivity contribution in [3.8, 4) is 0 Å². The molecule has 0 bridgehead atoms. The van der Waals surface area contributed by atoms with E-state index < -0.39 is 0 Å². The molecule has 5 heteroatoms. The van der Waals surface area contributed by atoms with Crippen molar-refractivity contribution in [3.05, 3.63) is 34.9 Å². The van der Waals surface area contributed by atoms with Gasteiger partial charge in [-0.25, -0.2) is 0 Å². The van der Waals surface area contributed by atoms with E-state index in [0.717, 1.165) is 63.3 Å². The zero-order valence-corrected chi connectivity index (χ0v) is 15.3. The quantitative estimate of drug-likeness (QED) is 0.829. The summed E-state index contributed by atoms with van der Waals surface area (Å²) in [5, 5.41) is 0.759. The summed E-state index contributed by atoms with van der Waals surface area (Å²) in [6.45, 7) is 3.12. The van der Waals surface area contributed by atoms with Gasteiger partial charge in [-0.2, -0.15) is 0 Å². The van der Waals surface area contributed by atoms with E-state index in [0.29, 0.717) is 11.8 Å². The fourth-order valence-corrected chi connectivity index (χ4v) is 4.39. The van der Waals surface area contributed by atoms with Crippen LogP contribution in [0.3, 0.4) is 0 Å². The van der Waals surface area contributed by atoms with Crippen LogP contribution in [0.5, 0.6) is 0 Å². The van der Waals surface area contributed by atoms with E-state index in [1.807, 2.05) is 28.0 Å². The van der Waals surface area contributed by atoms with E-state index in [4.69, 9.17) is 11.6 Å². The van der Waals surface area contributed by atoms with Crippen LogP contribution >= 0.6 is 11.6 Å². The monoisotopic (exact) mass is 360 g/mol. The number of amides is 2. The van der Waals surface area contributed by atoms with Crippen LogP contribution in [0, 0.1) is 11.8 Å². The van der Waals surface area contributed by atoms with Crippen LogP contribution in [0.15, 0.2) is 24.3 Å². The molecule has 2 aliphatic heterocycles. The van der Waals surface area contributed by atoms with Gasteiger partial charge in [0.05, 0.1) is 0 Å². The molecule has 0 spiro atoms. The van der Waals surface area contributed by atoms with Crippen molar-refractivity contribution in [2.24, 2.45) is 11.8 Å². The Morgan fingerprint density at radius 3 is 2.20 bits per heavy atom. The number of hydrogen-bond acceptors (Lipinski definition) is 2. The first-order chi connectivity index (χ1) is 12.1. The number of hydrogen-bond donors (Lipinski definition) is 0. The highest BCUT2D eigenvalue weighted by Crippen LogP contribution is 2.34. The first-order valence-corrected chi connectivity index (χ1v) is 9.82. The van der Waals surface area contributed by atoms with Gasteiger partial charge in [0.15, 0.2) is 0 Å². The number of rotatable bonds is 3. The lowest BCUT2D eigenvalue weighted by Crippen LogP contribution is -2.44. The minimum atomic E-state index is 0.0846. The molecule has 1 unspecified atom stereocenters. The lowest BCUT2D eigenvalue weighted by molar-refractivity contribution is -0.140. The lowest BCUT2D eigenvalue weighted by atomic mass is 9.95. The summed E-state index contributed by atoms with van der Waals surface area (Å²) in [6.07, 6.45) is 4.74. The number of piperidine rings is 1. The van der Waals surface area contributed by atoms with Gasteiger partial charge >= 0.3 is 0 Å². The van der Waals surface area contributed by atoms with Crippen molar-refractivity contribution >= 4 is 23.4 Å². The minimum Gasteiger partial charge on any atom is -0.342 e. The van der Waals surface area contributed by atoms with E-state index in [1.165, 1.54) is 5.56 Å². The average molecular weight is 361 g/mol. The first kappa shape index (κ1) is 16.9. The predicted molar refractivity (Wildman–Crippen MR) is 97.4 cm³/mol. The molecular weight excluding hydrogens is 336 g/mol. The van der Waals surface area contributed by atoms with E-state index in [1.54, 1.807) is 0 Å². The van der Waals surface area contributed by atoms with Crippen LogP contribution in [-0.2, 0) is 9.59 Å². The van der Waals surface area contributed by atoms with Gasteiger partial charge in [-0.05, 0) is 49.8 Å². The van der Waals surface area contributed by atoms with Crippen LogP contribution in [-0.4, -0.2) is 47.8 Å². The molecule has 2 amide bonds. The summed E-state index contributed by atoms with van der Waals surface area (Å²) in [6, 6.07) is 7.99. The van der Waals surface area contributed by atoms with Gasteiger partial charge in [-0.1, -0.05) is 23.7 Å². The second-order valence-electron chi connectivity index (χ2n) is 7.70. The largest absolute Gasteiger partial charge is 0.342 e. The van der Waals surface area contributed by atoms with Crippen LogP contribution < -0.4 is 0 Å². The Morgan fingerprint density at radius 1 is 0.880 bits per heavy atom. The second kappa shape index (κ2) is 6.99. The molecule has 3 aliphatic rings. The lowest BCUT2D eigenvalue weighted by Gasteiger charge is -2.33. The van der Waals surface area contributed by atoms with Crippen molar-refractivity contribution < 1.29 is 9.59 Å². The third-order valence-corrected chi connectivity index (χ3v) is 6.14. The summed E-state index contributed by atoms with van der Waals surface area (Å²) >= 11 is 6.10. The third kappa shape index (κ3) is 3.69. The summed E-state index contributed by atoms with van der Waals surface area (Å²) in [5.41, 5.74) is 1.23. The van der Waals surface area contributed by atoms with Crippen molar-refractivity contribution in [1.29, 1.82) is 0 Å². The molecule has 1 saturated carbocycles.